The molecule has 0 saturated carbocycles. The van der Waals surface area contributed by atoms with E-state index in [1.807, 2.05) is 0 Å². The number of nitrogens with two attached hydrogens (primary N) is 1. The average Bonchev–Trinajstić information content (AvgIpc) is 2.99. The van der Waals surface area contributed by atoms with Crippen molar-refractivity contribution in [1.29, 1.82) is 0 Å². The average molecular weight is 287 g/mol. The number of halogens is 1. The van der Waals surface area contributed by atoms with Crippen LogP contribution in [0.4, 0.5) is 4.39 Å². The normalized spacial score (nSPS) is 9.81. The first-order valence-corrected chi connectivity index (χ1v) is 6.31. The van der Waals surface area contributed by atoms with E-state index in [0.29, 0.717) is 18.7 Å². The van der Waals surface area contributed by atoms with Gasteiger partial charge in [0.2, 0.25) is 0 Å². The first-order chi connectivity index (χ1) is 10.2. The smallest absolute Gasteiger partial charge is 0.252 e. The van der Waals surface area contributed by atoms with E-state index in [9.17, 15) is 9.18 Å². The Labute approximate surface area is 121 Å². The maximum atomic E-state index is 13.3. The maximum absolute atomic E-state index is 13.3. The van der Waals surface area contributed by atoms with Gasteiger partial charge in [0.1, 0.15) is 5.82 Å². The van der Waals surface area contributed by atoms with Gasteiger partial charge in [-0.3, -0.25) is 9.48 Å². The topological polar surface area (TPSA) is 85.8 Å². The van der Waals surface area contributed by atoms with Gasteiger partial charge in [0.05, 0.1) is 24.8 Å². The van der Waals surface area contributed by atoms with Crippen molar-refractivity contribution >= 4 is 5.91 Å². The minimum absolute atomic E-state index is 0.171. The standard InChI is InChI=1S/C14H14FN5O/c15-12-4-3-11(2-1-5-16)13(10-12)14(21)17-6-8-20-9-7-18-19-20/h3-4,7,9-10H,5-6,8,16H2,(H,17,21). The molecule has 21 heavy (non-hydrogen) atoms. The zero-order valence-electron chi connectivity index (χ0n) is 11.2. The third-order valence-electron chi connectivity index (χ3n) is 2.65. The molecular formula is C14H14FN5O. The summed E-state index contributed by atoms with van der Waals surface area (Å²) in [5, 5.41) is 10.1. The highest BCUT2D eigenvalue weighted by molar-refractivity contribution is 5.96. The molecule has 2 rings (SSSR count). The Kier molecular flexibility index (Phi) is 5.01. The zero-order chi connectivity index (χ0) is 15.1. The van der Waals surface area contributed by atoms with Crippen LogP contribution in [-0.4, -0.2) is 34.0 Å². The molecule has 1 aromatic carbocycles. The lowest BCUT2D eigenvalue weighted by Crippen LogP contribution is -2.28. The van der Waals surface area contributed by atoms with Crippen molar-refractivity contribution in [2.24, 2.45) is 5.73 Å². The number of hydrogen-bond acceptors (Lipinski definition) is 4. The maximum Gasteiger partial charge on any atom is 0.252 e. The summed E-state index contributed by atoms with van der Waals surface area (Å²) in [7, 11) is 0. The molecule has 0 fully saturated rings. The number of benzene rings is 1. The highest BCUT2D eigenvalue weighted by Gasteiger charge is 2.11. The number of hydrogen-bond donors (Lipinski definition) is 2. The van der Waals surface area contributed by atoms with Gasteiger partial charge in [0.25, 0.3) is 5.91 Å². The van der Waals surface area contributed by atoms with Crippen molar-refractivity contribution in [3.8, 4) is 11.8 Å². The van der Waals surface area contributed by atoms with Gasteiger partial charge in [-0.05, 0) is 18.2 Å². The number of aromatic nitrogens is 3. The molecule has 0 saturated heterocycles. The van der Waals surface area contributed by atoms with Crippen LogP contribution in [0, 0.1) is 17.7 Å². The van der Waals surface area contributed by atoms with Gasteiger partial charge in [-0.25, -0.2) is 4.39 Å². The number of rotatable bonds is 4. The molecule has 1 aromatic heterocycles. The molecule has 7 heteroatoms. The van der Waals surface area contributed by atoms with E-state index >= 15 is 0 Å². The Hall–Kier alpha value is -2.72. The SMILES string of the molecule is NCC#Cc1ccc(F)cc1C(=O)NCCn1ccnn1. The lowest BCUT2D eigenvalue weighted by Gasteiger charge is -2.07. The van der Waals surface area contributed by atoms with Crippen LogP contribution in [-0.2, 0) is 6.54 Å². The van der Waals surface area contributed by atoms with E-state index in [-0.39, 0.29) is 12.1 Å². The Bertz CT molecular complexity index is 672. The second kappa shape index (κ2) is 7.17. The molecule has 0 bridgehead atoms. The number of nitrogens with zero attached hydrogens (tertiary/aromatic N) is 3. The zero-order valence-corrected chi connectivity index (χ0v) is 11.2. The Morgan fingerprint density at radius 1 is 1.48 bits per heavy atom. The lowest BCUT2D eigenvalue weighted by atomic mass is 10.1. The van der Waals surface area contributed by atoms with Gasteiger partial charge in [-0.15, -0.1) is 5.10 Å². The summed E-state index contributed by atoms with van der Waals surface area (Å²) in [6.07, 6.45) is 3.24. The Morgan fingerprint density at radius 2 is 2.33 bits per heavy atom. The summed E-state index contributed by atoms with van der Waals surface area (Å²) < 4.78 is 14.9. The first kappa shape index (κ1) is 14.7. The van der Waals surface area contributed by atoms with Crippen molar-refractivity contribution in [2.45, 2.75) is 6.54 Å². The van der Waals surface area contributed by atoms with Gasteiger partial charge in [0.15, 0.2) is 0 Å². The van der Waals surface area contributed by atoms with Crippen molar-refractivity contribution in [2.75, 3.05) is 13.1 Å². The molecular weight excluding hydrogens is 273 g/mol. The third-order valence-corrected chi connectivity index (χ3v) is 2.65. The van der Waals surface area contributed by atoms with E-state index < -0.39 is 11.7 Å². The van der Waals surface area contributed by atoms with Gasteiger partial charge in [-0.1, -0.05) is 17.1 Å². The fraction of sp³-hybridized carbons (Fsp3) is 0.214. The van der Waals surface area contributed by atoms with Crippen molar-refractivity contribution in [3.63, 3.8) is 0 Å². The second-order valence-corrected chi connectivity index (χ2v) is 4.12. The van der Waals surface area contributed by atoms with Crippen molar-refractivity contribution in [3.05, 3.63) is 47.5 Å². The first-order valence-electron chi connectivity index (χ1n) is 6.31. The molecule has 0 spiro atoms. The number of carbonyl (C=O) groups excluding carboxylic acids is 1. The fourth-order valence-corrected chi connectivity index (χ4v) is 1.69. The summed E-state index contributed by atoms with van der Waals surface area (Å²) in [5.41, 5.74) is 5.94. The number of carbonyl (C=O) groups is 1. The van der Waals surface area contributed by atoms with Gasteiger partial charge in [0, 0.05) is 18.3 Å². The third kappa shape index (κ3) is 4.12. The Morgan fingerprint density at radius 3 is 3.05 bits per heavy atom. The lowest BCUT2D eigenvalue weighted by molar-refractivity contribution is 0.0951. The minimum Gasteiger partial charge on any atom is -0.350 e. The van der Waals surface area contributed by atoms with Crippen molar-refractivity contribution in [1.82, 2.24) is 20.3 Å². The highest BCUT2D eigenvalue weighted by Crippen LogP contribution is 2.10. The minimum atomic E-state index is -0.491. The van der Waals surface area contributed by atoms with E-state index in [4.69, 9.17) is 5.73 Å². The molecule has 0 aliphatic carbocycles. The molecule has 3 N–H and O–H groups in total. The van der Waals surface area contributed by atoms with Crippen LogP contribution in [0.3, 0.4) is 0 Å². The van der Waals surface area contributed by atoms with Gasteiger partial charge >= 0.3 is 0 Å². The quantitative estimate of drug-likeness (QED) is 0.784. The van der Waals surface area contributed by atoms with E-state index in [0.717, 1.165) is 6.07 Å². The Balaban J connectivity index is 2.05. The molecule has 0 radical (unpaired) electrons. The summed E-state index contributed by atoms with van der Waals surface area (Å²) in [4.78, 5) is 12.1. The van der Waals surface area contributed by atoms with Crippen LogP contribution >= 0.6 is 0 Å². The molecule has 6 nitrogen and oxygen atoms in total. The molecule has 0 aliphatic rings. The van der Waals surface area contributed by atoms with Crippen LogP contribution in [0.5, 0.6) is 0 Å². The number of nitrogens with one attached hydrogen (secondary N) is 1. The molecule has 2 aromatic rings. The van der Waals surface area contributed by atoms with Crippen LogP contribution in [0.25, 0.3) is 0 Å². The largest absolute Gasteiger partial charge is 0.350 e. The molecule has 1 heterocycles. The molecule has 0 aliphatic heterocycles. The predicted molar refractivity (Wildman–Crippen MR) is 74.7 cm³/mol. The van der Waals surface area contributed by atoms with Gasteiger partial charge < -0.3 is 11.1 Å². The van der Waals surface area contributed by atoms with Crippen molar-refractivity contribution < 1.29 is 9.18 Å². The van der Waals surface area contributed by atoms with Crippen LogP contribution in [0.2, 0.25) is 0 Å². The highest BCUT2D eigenvalue weighted by atomic mass is 19.1. The van der Waals surface area contributed by atoms with E-state index in [1.165, 1.54) is 12.1 Å². The molecule has 108 valence electrons. The summed E-state index contributed by atoms with van der Waals surface area (Å²) >= 11 is 0. The van der Waals surface area contributed by atoms with Crippen LogP contribution in [0.1, 0.15) is 15.9 Å². The second-order valence-electron chi connectivity index (χ2n) is 4.12. The number of amides is 1. The van der Waals surface area contributed by atoms with Gasteiger partial charge in [-0.2, -0.15) is 0 Å². The predicted octanol–water partition coefficient (Wildman–Crippen LogP) is 0.157. The van der Waals surface area contributed by atoms with E-state index in [2.05, 4.69) is 27.5 Å². The monoisotopic (exact) mass is 287 g/mol. The fourth-order valence-electron chi connectivity index (χ4n) is 1.69. The summed E-state index contributed by atoms with van der Waals surface area (Å²) in [5.74, 6) is 4.52. The molecule has 0 atom stereocenters. The summed E-state index contributed by atoms with van der Waals surface area (Å²) in [6.45, 7) is 0.998. The van der Waals surface area contributed by atoms with Crippen LogP contribution < -0.4 is 11.1 Å². The van der Waals surface area contributed by atoms with E-state index in [1.54, 1.807) is 17.1 Å². The molecule has 0 unspecified atom stereocenters. The van der Waals surface area contributed by atoms with Crippen LogP contribution in [0.15, 0.2) is 30.6 Å². The summed E-state index contributed by atoms with van der Waals surface area (Å²) in [6, 6.07) is 3.88. The molecule has 1 amide bonds.